The molecular formula is C23H27Cl2F4N3O3S. The van der Waals surface area contributed by atoms with E-state index >= 15 is 0 Å². The van der Waals surface area contributed by atoms with Gasteiger partial charge in [-0.3, -0.25) is 4.79 Å². The van der Waals surface area contributed by atoms with Crippen molar-refractivity contribution in [2.24, 2.45) is 0 Å². The molecule has 1 atom stereocenters. The smallest absolute Gasteiger partial charge is 0.341 e. The molecule has 200 valence electrons. The van der Waals surface area contributed by atoms with Crippen LogP contribution in [0.15, 0.2) is 41.3 Å². The predicted octanol–water partition coefficient (Wildman–Crippen LogP) is 3.85. The standard InChI is InChI=1S/C23H25F4N3O3S.2ClH/c24-20-13-18(12-16-6-7-28-14-19(16)20)34(32,33)29-21(22(31)30-8-1-2-9-30)11-15-4-3-5-17(10-15)23(25,26)27;;/h3-5,10,12-13,21,28-29H,1-2,6-9,11,14H2;2*1H/t21-;;/m1../s1. The summed E-state index contributed by atoms with van der Waals surface area (Å²) in [5.41, 5.74) is 0.252. The van der Waals surface area contributed by atoms with E-state index in [-0.39, 0.29) is 41.7 Å². The van der Waals surface area contributed by atoms with Crippen LogP contribution in [-0.4, -0.2) is 44.9 Å². The molecule has 2 aliphatic heterocycles. The lowest BCUT2D eigenvalue weighted by Crippen LogP contribution is -2.49. The fourth-order valence-corrected chi connectivity index (χ4v) is 5.63. The fourth-order valence-electron chi connectivity index (χ4n) is 4.38. The van der Waals surface area contributed by atoms with Gasteiger partial charge in [-0.1, -0.05) is 18.2 Å². The fraction of sp³-hybridized carbons (Fsp3) is 0.435. The summed E-state index contributed by atoms with van der Waals surface area (Å²) in [6.07, 6.45) is -2.86. The van der Waals surface area contributed by atoms with Crippen LogP contribution in [0.25, 0.3) is 0 Å². The van der Waals surface area contributed by atoms with Gasteiger partial charge in [-0.05, 0) is 61.6 Å². The van der Waals surface area contributed by atoms with Gasteiger partial charge in [0.05, 0.1) is 10.5 Å². The number of sulfonamides is 1. The van der Waals surface area contributed by atoms with E-state index in [1.807, 2.05) is 0 Å². The number of hydrogen-bond acceptors (Lipinski definition) is 4. The zero-order valence-electron chi connectivity index (χ0n) is 19.1. The second kappa shape index (κ2) is 12.1. The second-order valence-corrected chi connectivity index (χ2v) is 10.3. The molecule has 0 aromatic heterocycles. The Morgan fingerprint density at radius 3 is 2.47 bits per heavy atom. The molecule has 2 N–H and O–H groups in total. The van der Waals surface area contributed by atoms with E-state index in [0.29, 0.717) is 43.7 Å². The molecular weight excluding hydrogens is 545 g/mol. The van der Waals surface area contributed by atoms with Crippen LogP contribution >= 0.6 is 24.8 Å². The molecule has 2 heterocycles. The van der Waals surface area contributed by atoms with Crippen molar-refractivity contribution in [1.82, 2.24) is 14.9 Å². The highest BCUT2D eigenvalue weighted by Gasteiger charge is 2.34. The summed E-state index contributed by atoms with van der Waals surface area (Å²) in [6.45, 7) is 1.76. The first-order chi connectivity index (χ1) is 16.0. The van der Waals surface area contributed by atoms with Crippen LogP contribution in [0, 0.1) is 5.82 Å². The molecule has 2 aromatic rings. The van der Waals surface area contributed by atoms with Gasteiger partial charge in [0.25, 0.3) is 0 Å². The molecule has 36 heavy (non-hydrogen) atoms. The van der Waals surface area contributed by atoms with Gasteiger partial charge in [-0.15, -0.1) is 24.8 Å². The summed E-state index contributed by atoms with van der Waals surface area (Å²) in [5, 5.41) is 3.03. The Balaban J connectivity index is 0.00000228. The summed E-state index contributed by atoms with van der Waals surface area (Å²) in [6, 6.07) is 5.43. The quantitative estimate of drug-likeness (QED) is 0.516. The maximum Gasteiger partial charge on any atom is 0.416 e. The van der Waals surface area contributed by atoms with Gasteiger partial charge in [-0.25, -0.2) is 12.8 Å². The van der Waals surface area contributed by atoms with E-state index in [2.05, 4.69) is 10.0 Å². The number of carbonyl (C=O) groups is 1. The molecule has 0 bridgehead atoms. The normalized spacial score (nSPS) is 16.5. The highest BCUT2D eigenvalue weighted by Crippen LogP contribution is 2.30. The van der Waals surface area contributed by atoms with Gasteiger partial charge in [0.2, 0.25) is 15.9 Å². The molecule has 4 rings (SSSR count). The number of amides is 1. The lowest BCUT2D eigenvalue weighted by atomic mass is 10.0. The van der Waals surface area contributed by atoms with Gasteiger partial charge in [0, 0.05) is 25.2 Å². The number of carbonyl (C=O) groups excluding carboxylic acids is 1. The van der Waals surface area contributed by atoms with Gasteiger partial charge in [-0.2, -0.15) is 17.9 Å². The van der Waals surface area contributed by atoms with Crippen molar-refractivity contribution in [3.63, 3.8) is 0 Å². The number of nitrogens with one attached hydrogen (secondary N) is 2. The third-order valence-corrected chi connectivity index (χ3v) is 7.60. The van der Waals surface area contributed by atoms with Crippen molar-refractivity contribution < 1.29 is 30.8 Å². The first-order valence-corrected chi connectivity index (χ1v) is 12.5. The molecule has 2 aromatic carbocycles. The van der Waals surface area contributed by atoms with Crippen molar-refractivity contribution in [3.8, 4) is 0 Å². The highest BCUT2D eigenvalue weighted by molar-refractivity contribution is 7.89. The first kappa shape index (κ1) is 30.3. The molecule has 0 radical (unpaired) electrons. The van der Waals surface area contributed by atoms with E-state index in [0.717, 1.165) is 31.0 Å². The molecule has 1 saturated heterocycles. The van der Waals surface area contributed by atoms with Crippen LogP contribution in [0.5, 0.6) is 0 Å². The predicted molar refractivity (Wildman–Crippen MR) is 131 cm³/mol. The lowest BCUT2D eigenvalue weighted by Gasteiger charge is -2.25. The minimum Gasteiger partial charge on any atom is -0.341 e. The third-order valence-electron chi connectivity index (χ3n) is 6.15. The van der Waals surface area contributed by atoms with Crippen molar-refractivity contribution in [3.05, 3.63) is 64.5 Å². The number of rotatable bonds is 6. The van der Waals surface area contributed by atoms with Crippen LogP contribution in [-0.2, 0) is 40.4 Å². The van der Waals surface area contributed by atoms with Crippen LogP contribution in [0.4, 0.5) is 17.6 Å². The number of alkyl halides is 3. The Labute approximate surface area is 219 Å². The number of fused-ring (bicyclic) bond motifs is 1. The summed E-state index contributed by atoms with van der Waals surface area (Å²) in [7, 11) is -4.33. The molecule has 1 fully saturated rings. The van der Waals surface area contributed by atoms with Crippen molar-refractivity contribution in [2.45, 2.75) is 49.3 Å². The summed E-state index contributed by atoms with van der Waals surface area (Å²) in [5.74, 6) is -1.17. The van der Waals surface area contributed by atoms with E-state index in [1.165, 1.54) is 23.1 Å². The zero-order chi connectivity index (χ0) is 24.5. The Bertz CT molecular complexity index is 1190. The monoisotopic (exact) mass is 571 g/mol. The summed E-state index contributed by atoms with van der Waals surface area (Å²) in [4.78, 5) is 14.3. The zero-order valence-corrected chi connectivity index (χ0v) is 21.6. The molecule has 0 aliphatic carbocycles. The van der Waals surface area contributed by atoms with E-state index in [1.54, 1.807) is 0 Å². The topological polar surface area (TPSA) is 78.5 Å². The Morgan fingerprint density at radius 2 is 1.81 bits per heavy atom. The SMILES string of the molecule is Cl.Cl.O=C([C@@H](Cc1cccc(C(F)(F)F)c1)NS(=O)(=O)c1cc(F)c2c(c1)CCNC2)N1CCCC1. The minimum atomic E-state index is -4.57. The summed E-state index contributed by atoms with van der Waals surface area (Å²) >= 11 is 0. The van der Waals surface area contributed by atoms with Gasteiger partial charge >= 0.3 is 6.18 Å². The Hall–Kier alpha value is -1.92. The van der Waals surface area contributed by atoms with Gasteiger partial charge < -0.3 is 10.2 Å². The molecule has 0 spiro atoms. The molecule has 1 amide bonds. The van der Waals surface area contributed by atoms with Crippen LogP contribution in [0.2, 0.25) is 0 Å². The molecule has 0 saturated carbocycles. The average molecular weight is 572 g/mol. The van der Waals surface area contributed by atoms with Crippen molar-refractivity contribution in [1.29, 1.82) is 0 Å². The van der Waals surface area contributed by atoms with Crippen LogP contribution in [0.1, 0.15) is 35.1 Å². The minimum absolute atomic E-state index is 0. The number of benzene rings is 2. The van der Waals surface area contributed by atoms with E-state index in [4.69, 9.17) is 0 Å². The van der Waals surface area contributed by atoms with Gasteiger partial charge in [0.1, 0.15) is 11.9 Å². The Morgan fingerprint density at radius 1 is 1.11 bits per heavy atom. The van der Waals surface area contributed by atoms with Gasteiger partial charge in [0.15, 0.2) is 0 Å². The Kier molecular flexibility index (Phi) is 10.2. The number of hydrogen-bond donors (Lipinski definition) is 2. The number of likely N-dealkylation sites (tertiary alicyclic amines) is 1. The molecule has 0 unspecified atom stereocenters. The lowest BCUT2D eigenvalue weighted by molar-refractivity contribution is -0.137. The second-order valence-electron chi connectivity index (χ2n) is 8.58. The van der Waals surface area contributed by atoms with E-state index in [9.17, 15) is 30.8 Å². The maximum absolute atomic E-state index is 14.6. The third kappa shape index (κ3) is 6.89. The number of nitrogens with zero attached hydrogens (tertiary/aromatic N) is 1. The average Bonchev–Trinajstić information content (AvgIpc) is 3.33. The van der Waals surface area contributed by atoms with Crippen molar-refractivity contribution in [2.75, 3.05) is 19.6 Å². The molecule has 2 aliphatic rings. The maximum atomic E-state index is 14.6. The summed E-state index contributed by atoms with van der Waals surface area (Å²) < 4.78 is 82.7. The first-order valence-electron chi connectivity index (χ1n) is 11.0. The van der Waals surface area contributed by atoms with Crippen LogP contribution < -0.4 is 10.0 Å². The van der Waals surface area contributed by atoms with Crippen molar-refractivity contribution >= 4 is 40.7 Å². The van der Waals surface area contributed by atoms with E-state index < -0.39 is 39.5 Å². The highest BCUT2D eigenvalue weighted by atomic mass is 35.5. The molecule has 6 nitrogen and oxygen atoms in total. The number of halogens is 6. The van der Waals surface area contributed by atoms with Crippen LogP contribution in [0.3, 0.4) is 0 Å². The largest absolute Gasteiger partial charge is 0.416 e. The molecule has 13 heteroatoms.